The number of ether oxygens (including phenoxy) is 1. The van der Waals surface area contributed by atoms with Crippen molar-refractivity contribution in [2.45, 2.75) is 23.8 Å². The minimum atomic E-state index is -4.01. The fraction of sp³-hybridized carbons (Fsp3) is 0.174. The van der Waals surface area contributed by atoms with Crippen LogP contribution >= 0.6 is 0 Å². The van der Waals surface area contributed by atoms with Crippen molar-refractivity contribution >= 4 is 15.9 Å². The minimum absolute atomic E-state index is 0.0682. The summed E-state index contributed by atoms with van der Waals surface area (Å²) in [5, 5.41) is 11.1. The highest BCUT2D eigenvalue weighted by molar-refractivity contribution is 7.90. The summed E-state index contributed by atoms with van der Waals surface area (Å²) in [7, 11) is -2.65. The number of hydrogen-bond donors (Lipinski definition) is 1. The van der Waals surface area contributed by atoms with Gasteiger partial charge in [-0.3, -0.25) is 0 Å². The lowest BCUT2D eigenvalue weighted by Crippen LogP contribution is -2.23. The van der Waals surface area contributed by atoms with E-state index in [0.29, 0.717) is 11.1 Å². The summed E-state index contributed by atoms with van der Waals surface area (Å²) in [4.78, 5) is 0.0682. The standard InChI is InChI=1S/C23H23NO4S/c1-17-13-15-20(16-14-17)29(26,27)24-23(28-2)21(18-9-5-3-6-10-18)22(25)19-11-7-4-8-12-19/h3-16,21-22,25H,1-2H3/b24-23-/t21-,22-/m1/s1. The number of nitrogens with zero attached hydrogens (tertiary/aromatic N) is 1. The van der Waals surface area contributed by atoms with Crippen molar-refractivity contribution in [3.63, 3.8) is 0 Å². The second-order valence-electron chi connectivity index (χ2n) is 6.67. The third-order valence-electron chi connectivity index (χ3n) is 4.62. The lowest BCUT2D eigenvalue weighted by molar-refractivity contribution is 0.158. The summed E-state index contributed by atoms with van der Waals surface area (Å²) in [5.74, 6) is -0.864. The van der Waals surface area contributed by atoms with Crippen LogP contribution in [0.3, 0.4) is 0 Å². The highest BCUT2D eigenvalue weighted by Crippen LogP contribution is 2.33. The predicted molar refractivity (Wildman–Crippen MR) is 113 cm³/mol. The molecule has 29 heavy (non-hydrogen) atoms. The van der Waals surface area contributed by atoms with Crippen molar-refractivity contribution in [2.75, 3.05) is 7.11 Å². The maximum absolute atomic E-state index is 12.9. The van der Waals surface area contributed by atoms with Gasteiger partial charge in [0.15, 0.2) is 0 Å². The van der Waals surface area contributed by atoms with Gasteiger partial charge in [-0.2, -0.15) is 8.42 Å². The van der Waals surface area contributed by atoms with E-state index in [1.54, 1.807) is 24.3 Å². The van der Waals surface area contributed by atoms with Crippen LogP contribution in [0.1, 0.15) is 28.7 Å². The Morgan fingerprint density at radius 1 is 0.862 bits per heavy atom. The third-order valence-corrected chi connectivity index (χ3v) is 5.91. The molecule has 0 amide bonds. The van der Waals surface area contributed by atoms with Gasteiger partial charge in [-0.1, -0.05) is 78.4 Å². The van der Waals surface area contributed by atoms with Crippen molar-refractivity contribution in [1.82, 2.24) is 0 Å². The Morgan fingerprint density at radius 3 is 1.90 bits per heavy atom. The zero-order valence-electron chi connectivity index (χ0n) is 16.3. The maximum Gasteiger partial charge on any atom is 0.285 e. The van der Waals surface area contributed by atoms with Crippen molar-refractivity contribution in [3.05, 3.63) is 102 Å². The largest absolute Gasteiger partial charge is 0.483 e. The molecule has 0 aliphatic rings. The van der Waals surface area contributed by atoms with Gasteiger partial charge < -0.3 is 9.84 Å². The predicted octanol–water partition coefficient (Wildman–Crippen LogP) is 4.25. The lowest BCUT2D eigenvalue weighted by atomic mass is 9.89. The molecule has 150 valence electrons. The van der Waals surface area contributed by atoms with Crippen molar-refractivity contribution in [2.24, 2.45) is 4.40 Å². The van der Waals surface area contributed by atoms with Gasteiger partial charge in [0.1, 0.15) is 0 Å². The SMILES string of the molecule is CO/C(=N\S(=O)(=O)c1ccc(C)cc1)[C@H](c1ccccc1)[C@H](O)c1ccccc1. The number of rotatable bonds is 6. The van der Waals surface area contributed by atoms with E-state index in [1.165, 1.54) is 19.2 Å². The van der Waals surface area contributed by atoms with Gasteiger partial charge in [-0.15, -0.1) is 4.40 Å². The van der Waals surface area contributed by atoms with Gasteiger partial charge in [0, 0.05) is 0 Å². The molecule has 0 radical (unpaired) electrons. The van der Waals surface area contributed by atoms with Crippen LogP contribution in [0.15, 0.2) is 94.2 Å². The van der Waals surface area contributed by atoms with Gasteiger partial charge in [-0.05, 0) is 30.2 Å². The highest BCUT2D eigenvalue weighted by atomic mass is 32.2. The van der Waals surface area contributed by atoms with E-state index in [0.717, 1.165) is 5.56 Å². The number of hydrogen-bond acceptors (Lipinski definition) is 4. The first-order valence-corrected chi connectivity index (χ1v) is 10.6. The molecular weight excluding hydrogens is 386 g/mol. The van der Waals surface area contributed by atoms with Gasteiger partial charge in [-0.25, -0.2) is 0 Å². The van der Waals surface area contributed by atoms with Crippen LogP contribution in [-0.2, 0) is 14.8 Å². The molecule has 3 aromatic rings. The Labute approximate surface area is 171 Å². The van der Waals surface area contributed by atoms with Crippen LogP contribution in [0.2, 0.25) is 0 Å². The quantitative estimate of drug-likeness (QED) is 0.488. The minimum Gasteiger partial charge on any atom is -0.483 e. The number of sulfonamides is 1. The molecule has 1 N–H and O–H groups in total. The van der Waals surface area contributed by atoms with E-state index < -0.39 is 22.0 Å². The molecule has 3 aromatic carbocycles. The molecule has 0 saturated heterocycles. The first-order chi connectivity index (χ1) is 13.9. The molecule has 0 aliphatic carbocycles. The molecular formula is C23H23NO4S. The second-order valence-corrected chi connectivity index (χ2v) is 8.27. The summed E-state index contributed by atoms with van der Waals surface area (Å²) in [6.45, 7) is 1.88. The summed E-state index contributed by atoms with van der Waals surface area (Å²) in [6, 6.07) is 24.6. The molecule has 5 nitrogen and oxygen atoms in total. The molecule has 0 unspecified atom stereocenters. The summed E-state index contributed by atoms with van der Waals surface area (Å²) in [5.41, 5.74) is 2.28. The van der Waals surface area contributed by atoms with Crippen molar-refractivity contribution < 1.29 is 18.3 Å². The Morgan fingerprint density at radius 2 is 1.38 bits per heavy atom. The Kier molecular flexibility index (Phi) is 6.46. The number of aliphatic hydroxyl groups is 1. The van der Waals surface area contributed by atoms with E-state index >= 15 is 0 Å². The lowest BCUT2D eigenvalue weighted by Gasteiger charge is -2.24. The molecule has 2 atom stereocenters. The second kappa shape index (κ2) is 9.03. The average molecular weight is 410 g/mol. The van der Waals surface area contributed by atoms with Gasteiger partial charge in [0.2, 0.25) is 5.90 Å². The van der Waals surface area contributed by atoms with Crippen LogP contribution in [0.25, 0.3) is 0 Å². The van der Waals surface area contributed by atoms with Crippen molar-refractivity contribution in [1.29, 1.82) is 0 Å². The topological polar surface area (TPSA) is 76.0 Å². The third kappa shape index (κ3) is 4.91. The summed E-state index contributed by atoms with van der Waals surface area (Å²) >= 11 is 0. The number of aliphatic hydroxyl groups excluding tert-OH is 1. The first kappa shape index (κ1) is 20.8. The van der Waals surface area contributed by atoms with Gasteiger partial charge in [0.05, 0.1) is 24.0 Å². The van der Waals surface area contributed by atoms with E-state index in [9.17, 15) is 13.5 Å². The molecule has 0 fully saturated rings. The Bertz CT molecular complexity index is 1060. The average Bonchev–Trinajstić information content (AvgIpc) is 2.74. The fourth-order valence-corrected chi connectivity index (χ4v) is 4.08. The molecule has 0 spiro atoms. The molecule has 6 heteroatoms. The van der Waals surface area contributed by atoms with E-state index in [1.807, 2.05) is 55.5 Å². The normalized spacial score (nSPS) is 14.2. The molecule has 0 bridgehead atoms. The highest BCUT2D eigenvalue weighted by Gasteiger charge is 2.31. The fourth-order valence-electron chi connectivity index (χ4n) is 3.07. The summed E-state index contributed by atoms with van der Waals surface area (Å²) in [6.07, 6.45) is -1.04. The first-order valence-electron chi connectivity index (χ1n) is 9.16. The monoisotopic (exact) mass is 409 g/mol. The van der Waals surface area contributed by atoms with Gasteiger partial charge in [0.25, 0.3) is 10.0 Å². The van der Waals surface area contributed by atoms with Gasteiger partial charge >= 0.3 is 0 Å². The number of aryl methyl sites for hydroxylation is 1. The number of methoxy groups -OCH3 is 1. The zero-order valence-corrected chi connectivity index (χ0v) is 17.1. The van der Waals surface area contributed by atoms with E-state index in [4.69, 9.17) is 4.74 Å². The van der Waals surface area contributed by atoms with Crippen molar-refractivity contribution in [3.8, 4) is 0 Å². The van der Waals surface area contributed by atoms with Crippen LogP contribution in [-0.4, -0.2) is 26.5 Å². The van der Waals surface area contributed by atoms with Crippen LogP contribution in [0.5, 0.6) is 0 Å². The Balaban J connectivity index is 2.09. The molecule has 0 aromatic heterocycles. The zero-order chi connectivity index (χ0) is 20.9. The summed E-state index contributed by atoms with van der Waals surface area (Å²) < 4.78 is 35.1. The smallest absolute Gasteiger partial charge is 0.285 e. The van der Waals surface area contributed by atoms with Crippen LogP contribution in [0.4, 0.5) is 0 Å². The molecule has 0 heterocycles. The molecule has 0 aliphatic heterocycles. The molecule has 3 rings (SSSR count). The Hall–Kier alpha value is -2.96. The van der Waals surface area contributed by atoms with Crippen LogP contribution < -0.4 is 0 Å². The maximum atomic E-state index is 12.9. The molecule has 0 saturated carbocycles. The van der Waals surface area contributed by atoms with E-state index in [-0.39, 0.29) is 10.8 Å². The van der Waals surface area contributed by atoms with E-state index in [2.05, 4.69) is 4.40 Å². The number of benzene rings is 3. The van der Waals surface area contributed by atoms with Crippen LogP contribution in [0, 0.1) is 6.92 Å².